The van der Waals surface area contributed by atoms with Crippen molar-refractivity contribution in [2.75, 3.05) is 31.2 Å². The third-order valence-corrected chi connectivity index (χ3v) is 3.18. The van der Waals surface area contributed by atoms with Gasteiger partial charge in [0.05, 0.1) is 6.61 Å². The lowest BCUT2D eigenvalue weighted by molar-refractivity contribution is 0.112. The zero-order valence-corrected chi connectivity index (χ0v) is 10.6. The highest BCUT2D eigenvalue weighted by Crippen LogP contribution is 2.24. The van der Waals surface area contributed by atoms with E-state index in [2.05, 4.69) is 20.8 Å². The van der Waals surface area contributed by atoms with Gasteiger partial charge in [-0.15, -0.1) is 0 Å². The summed E-state index contributed by atoms with van der Waals surface area (Å²) in [5.41, 5.74) is 1.74. The summed E-state index contributed by atoms with van der Waals surface area (Å²) in [4.78, 5) is 13.2. The number of halogens is 1. The Labute approximate surface area is 104 Å². The van der Waals surface area contributed by atoms with Crippen LogP contribution in [0.15, 0.2) is 22.7 Å². The van der Waals surface area contributed by atoms with Gasteiger partial charge in [0.1, 0.15) is 0 Å². The molecule has 3 nitrogen and oxygen atoms in total. The highest BCUT2D eigenvalue weighted by Gasteiger charge is 2.13. The van der Waals surface area contributed by atoms with Crippen LogP contribution < -0.4 is 4.90 Å². The maximum absolute atomic E-state index is 11.0. The van der Waals surface area contributed by atoms with Gasteiger partial charge in [0.2, 0.25) is 0 Å². The highest BCUT2D eigenvalue weighted by molar-refractivity contribution is 9.10. The second-order valence-electron chi connectivity index (χ2n) is 3.77. The fourth-order valence-electron chi connectivity index (χ4n) is 1.88. The van der Waals surface area contributed by atoms with Gasteiger partial charge in [0.25, 0.3) is 0 Å². The van der Waals surface area contributed by atoms with Gasteiger partial charge in [-0.05, 0) is 24.6 Å². The number of carbonyl (C=O) groups is 1. The highest BCUT2D eigenvalue weighted by atomic mass is 79.9. The summed E-state index contributed by atoms with van der Waals surface area (Å²) < 4.78 is 6.41. The lowest BCUT2D eigenvalue weighted by atomic mass is 10.1. The molecule has 16 heavy (non-hydrogen) atoms. The van der Waals surface area contributed by atoms with E-state index in [9.17, 15) is 4.79 Å². The summed E-state index contributed by atoms with van der Waals surface area (Å²) in [7, 11) is 0. The number of hydrogen-bond acceptors (Lipinski definition) is 3. The van der Waals surface area contributed by atoms with Crippen molar-refractivity contribution in [2.45, 2.75) is 6.42 Å². The lowest BCUT2D eigenvalue weighted by Crippen LogP contribution is -2.26. The Kier molecular flexibility index (Phi) is 3.96. The van der Waals surface area contributed by atoms with Crippen molar-refractivity contribution in [1.82, 2.24) is 0 Å². The number of hydrogen-bond donors (Lipinski definition) is 0. The molecule has 0 radical (unpaired) electrons. The summed E-state index contributed by atoms with van der Waals surface area (Å²) in [6, 6.07) is 5.73. The lowest BCUT2D eigenvalue weighted by Gasteiger charge is -2.23. The first-order chi connectivity index (χ1) is 7.81. The van der Waals surface area contributed by atoms with E-state index >= 15 is 0 Å². The van der Waals surface area contributed by atoms with E-state index in [1.165, 1.54) is 0 Å². The fourth-order valence-corrected chi connectivity index (χ4v) is 2.23. The van der Waals surface area contributed by atoms with Crippen molar-refractivity contribution in [3.8, 4) is 0 Å². The third kappa shape index (κ3) is 2.62. The van der Waals surface area contributed by atoms with Crippen molar-refractivity contribution < 1.29 is 9.53 Å². The SMILES string of the molecule is O=Cc1ccc(Br)cc1N1CCCOCC1. The Balaban J connectivity index is 2.29. The minimum Gasteiger partial charge on any atom is -0.380 e. The third-order valence-electron chi connectivity index (χ3n) is 2.68. The van der Waals surface area contributed by atoms with Crippen LogP contribution in [-0.2, 0) is 4.74 Å². The fraction of sp³-hybridized carbons (Fsp3) is 0.417. The van der Waals surface area contributed by atoms with Crippen LogP contribution in [-0.4, -0.2) is 32.6 Å². The van der Waals surface area contributed by atoms with E-state index in [1.54, 1.807) is 0 Å². The molecule has 1 aliphatic rings. The van der Waals surface area contributed by atoms with Gasteiger partial charge in [0, 0.05) is 35.4 Å². The molecule has 0 atom stereocenters. The molecule has 1 heterocycles. The summed E-state index contributed by atoms with van der Waals surface area (Å²) >= 11 is 3.44. The van der Waals surface area contributed by atoms with Gasteiger partial charge in [-0.3, -0.25) is 4.79 Å². The Morgan fingerprint density at radius 2 is 2.19 bits per heavy atom. The standard InChI is InChI=1S/C12H14BrNO2/c13-11-3-2-10(9-15)12(8-11)14-4-1-6-16-7-5-14/h2-3,8-9H,1,4-7H2. The molecule has 0 amide bonds. The van der Waals surface area contributed by atoms with Crippen LogP contribution in [0.1, 0.15) is 16.8 Å². The molecule has 0 bridgehead atoms. The molecule has 0 aromatic heterocycles. The quantitative estimate of drug-likeness (QED) is 0.781. The first-order valence-electron chi connectivity index (χ1n) is 5.38. The maximum atomic E-state index is 11.0. The normalized spacial score (nSPS) is 16.9. The first kappa shape index (κ1) is 11.6. The minimum absolute atomic E-state index is 0.727. The second kappa shape index (κ2) is 5.46. The zero-order valence-electron chi connectivity index (χ0n) is 8.99. The molecule has 4 heteroatoms. The van der Waals surface area contributed by atoms with Gasteiger partial charge in [-0.25, -0.2) is 0 Å². The predicted octanol–water partition coefficient (Wildman–Crippen LogP) is 2.49. The first-order valence-corrected chi connectivity index (χ1v) is 6.18. The topological polar surface area (TPSA) is 29.5 Å². The molecule has 0 spiro atoms. The van der Waals surface area contributed by atoms with Crippen LogP contribution >= 0.6 is 15.9 Å². The van der Waals surface area contributed by atoms with Gasteiger partial charge >= 0.3 is 0 Å². The van der Waals surface area contributed by atoms with E-state index in [0.717, 1.165) is 54.7 Å². The molecule has 0 unspecified atom stereocenters. The molecule has 1 fully saturated rings. The molecule has 86 valence electrons. The summed E-state index contributed by atoms with van der Waals surface area (Å²) in [5, 5.41) is 0. The Bertz CT molecular complexity index is 373. The number of nitrogens with zero attached hydrogens (tertiary/aromatic N) is 1. The molecule has 0 saturated carbocycles. The molecule has 2 rings (SSSR count). The maximum Gasteiger partial charge on any atom is 0.152 e. The van der Waals surface area contributed by atoms with Crippen molar-refractivity contribution in [1.29, 1.82) is 0 Å². The second-order valence-corrected chi connectivity index (χ2v) is 4.69. The zero-order chi connectivity index (χ0) is 11.4. The van der Waals surface area contributed by atoms with Crippen LogP contribution in [0.5, 0.6) is 0 Å². The van der Waals surface area contributed by atoms with Gasteiger partial charge in [-0.1, -0.05) is 15.9 Å². The van der Waals surface area contributed by atoms with Gasteiger partial charge in [0.15, 0.2) is 6.29 Å². The minimum atomic E-state index is 0.727. The average molecular weight is 284 g/mol. The number of aldehydes is 1. The monoisotopic (exact) mass is 283 g/mol. The molecule has 0 aliphatic carbocycles. The molecule has 1 aromatic carbocycles. The van der Waals surface area contributed by atoms with Crippen molar-refractivity contribution in [3.05, 3.63) is 28.2 Å². The largest absolute Gasteiger partial charge is 0.380 e. The van der Waals surface area contributed by atoms with Gasteiger partial charge in [-0.2, -0.15) is 0 Å². The number of ether oxygens (including phenoxy) is 1. The number of anilines is 1. The number of rotatable bonds is 2. The molecule has 1 aromatic rings. The Morgan fingerprint density at radius 1 is 1.31 bits per heavy atom. The van der Waals surface area contributed by atoms with Crippen LogP contribution in [0.4, 0.5) is 5.69 Å². The van der Waals surface area contributed by atoms with Crippen LogP contribution in [0.3, 0.4) is 0 Å². The Hall–Kier alpha value is -0.870. The van der Waals surface area contributed by atoms with E-state index in [1.807, 2.05) is 18.2 Å². The van der Waals surface area contributed by atoms with Crippen molar-refractivity contribution in [3.63, 3.8) is 0 Å². The summed E-state index contributed by atoms with van der Waals surface area (Å²) in [5.74, 6) is 0. The Morgan fingerprint density at radius 3 is 3.00 bits per heavy atom. The van der Waals surface area contributed by atoms with E-state index < -0.39 is 0 Å². The molecule has 0 N–H and O–H groups in total. The van der Waals surface area contributed by atoms with Gasteiger partial charge < -0.3 is 9.64 Å². The van der Waals surface area contributed by atoms with Crippen molar-refractivity contribution in [2.24, 2.45) is 0 Å². The van der Waals surface area contributed by atoms with Crippen molar-refractivity contribution >= 4 is 27.9 Å². The molecular formula is C12H14BrNO2. The average Bonchev–Trinajstić information content (AvgIpc) is 2.57. The number of benzene rings is 1. The molecular weight excluding hydrogens is 270 g/mol. The van der Waals surface area contributed by atoms with E-state index in [-0.39, 0.29) is 0 Å². The smallest absolute Gasteiger partial charge is 0.152 e. The van der Waals surface area contributed by atoms with Crippen LogP contribution in [0.25, 0.3) is 0 Å². The molecule has 1 aliphatic heterocycles. The van der Waals surface area contributed by atoms with E-state index in [4.69, 9.17) is 4.74 Å². The van der Waals surface area contributed by atoms with Crippen LogP contribution in [0.2, 0.25) is 0 Å². The van der Waals surface area contributed by atoms with Crippen LogP contribution in [0, 0.1) is 0 Å². The summed E-state index contributed by atoms with van der Waals surface area (Å²) in [6.07, 6.45) is 1.92. The summed E-state index contributed by atoms with van der Waals surface area (Å²) in [6.45, 7) is 3.32. The number of carbonyl (C=O) groups excluding carboxylic acids is 1. The molecule has 1 saturated heterocycles. The predicted molar refractivity (Wildman–Crippen MR) is 67.2 cm³/mol. The van der Waals surface area contributed by atoms with E-state index in [0.29, 0.717) is 0 Å².